The molecule has 1 heteroatoms. The Morgan fingerprint density at radius 1 is 0.732 bits per heavy atom. The number of carbonyl (C=O) groups is 1. The van der Waals surface area contributed by atoms with Crippen LogP contribution in [0.15, 0.2) is 130 Å². The van der Waals surface area contributed by atoms with Crippen LogP contribution in [0.3, 0.4) is 0 Å². The zero-order chi connectivity index (χ0) is 30.6. The molecule has 1 nitrogen and oxygen atoms in total. The minimum Gasteiger partial charge on any atom is -0.295 e. The zero-order valence-electron chi connectivity index (χ0n) is 27.5. The molecule has 2 aliphatic rings. The van der Waals surface area contributed by atoms with Crippen LogP contribution in [0.25, 0.3) is 0 Å². The van der Waals surface area contributed by atoms with Crippen molar-refractivity contribution in [2.24, 2.45) is 16.7 Å². The van der Waals surface area contributed by atoms with E-state index in [0.29, 0.717) is 17.8 Å². The smallest absolute Gasteiger partial charge is 0.158 e. The fourth-order valence-corrected chi connectivity index (χ4v) is 5.54. The Bertz CT molecular complexity index is 1280. The van der Waals surface area contributed by atoms with Gasteiger partial charge in [0.1, 0.15) is 0 Å². The molecule has 0 saturated heterocycles. The van der Waals surface area contributed by atoms with Crippen molar-refractivity contribution in [2.45, 2.75) is 94.9 Å². The van der Waals surface area contributed by atoms with Crippen LogP contribution in [0.5, 0.6) is 0 Å². The number of ketones is 1. The number of Topliss-reactive ketones (excluding diaryl/α,β-unsaturated/α-hetero) is 1. The van der Waals surface area contributed by atoms with E-state index < -0.39 is 0 Å². The van der Waals surface area contributed by atoms with Crippen LogP contribution in [0.4, 0.5) is 0 Å². The minimum atomic E-state index is 0.0505. The first kappa shape index (κ1) is 34.0. The van der Waals surface area contributed by atoms with Crippen LogP contribution in [-0.2, 0) is 4.79 Å². The highest BCUT2D eigenvalue weighted by molar-refractivity contribution is 5.97. The van der Waals surface area contributed by atoms with E-state index in [2.05, 4.69) is 153 Å². The molecule has 0 spiro atoms. The van der Waals surface area contributed by atoms with Gasteiger partial charge in [-0.15, -0.1) is 0 Å². The van der Waals surface area contributed by atoms with Crippen LogP contribution in [0.2, 0.25) is 0 Å². The standard InChI is InChI=1S/C40H54O/c1-30(18-13-20-32(3)23-25-36-34(5)22-15-28-39(36,7)8)16-11-12-17-31(2)19-14-21-33(4)24-26-37-35(6)38(41)27-29-40(37,9)10/h11-14,16-26,36H,15,27-29H2,1-10H3/b12-11+,18-13+,19-14+,25-23+,26-24+,30-16+,31-17+,32-20+,33-21+/t36-/m0/s1. The van der Waals surface area contributed by atoms with Crippen molar-refractivity contribution < 1.29 is 4.79 Å². The van der Waals surface area contributed by atoms with Gasteiger partial charge in [-0.1, -0.05) is 147 Å². The van der Waals surface area contributed by atoms with Crippen molar-refractivity contribution in [1.82, 2.24) is 0 Å². The van der Waals surface area contributed by atoms with Gasteiger partial charge in [-0.05, 0) is 82.8 Å². The molecular formula is C40H54O. The molecule has 0 heterocycles. The summed E-state index contributed by atoms with van der Waals surface area (Å²) in [7, 11) is 0. The summed E-state index contributed by atoms with van der Waals surface area (Å²) < 4.78 is 0. The number of hydrogen-bond acceptors (Lipinski definition) is 1. The molecule has 2 aliphatic carbocycles. The summed E-state index contributed by atoms with van der Waals surface area (Å²) in [5.74, 6) is 0.801. The van der Waals surface area contributed by atoms with Crippen LogP contribution in [0, 0.1) is 16.7 Å². The summed E-state index contributed by atoms with van der Waals surface area (Å²) >= 11 is 0. The van der Waals surface area contributed by atoms with Gasteiger partial charge in [0, 0.05) is 12.3 Å². The molecular weight excluding hydrogens is 496 g/mol. The minimum absolute atomic E-state index is 0.0505. The average molecular weight is 551 g/mol. The molecule has 0 aliphatic heterocycles. The molecule has 0 unspecified atom stereocenters. The highest BCUT2D eigenvalue weighted by Crippen LogP contribution is 2.42. The van der Waals surface area contributed by atoms with Crippen molar-refractivity contribution in [3.8, 4) is 0 Å². The highest BCUT2D eigenvalue weighted by atomic mass is 16.1. The molecule has 2 rings (SSSR count). The van der Waals surface area contributed by atoms with Gasteiger partial charge in [0.2, 0.25) is 0 Å². The molecule has 1 atom stereocenters. The molecule has 0 aromatic carbocycles. The van der Waals surface area contributed by atoms with E-state index in [0.717, 1.165) is 17.6 Å². The van der Waals surface area contributed by atoms with Crippen molar-refractivity contribution in [3.63, 3.8) is 0 Å². The maximum Gasteiger partial charge on any atom is 0.158 e. The normalized spacial score (nSPS) is 23.3. The summed E-state index contributed by atoms with van der Waals surface area (Å²) in [6.07, 6.45) is 36.5. The van der Waals surface area contributed by atoms with Crippen molar-refractivity contribution in [2.75, 3.05) is 0 Å². The van der Waals surface area contributed by atoms with E-state index in [-0.39, 0.29) is 11.2 Å². The Balaban J connectivity index is 1.90. The Morgan fingerprint density at radius 3 is 1.80 bits per heavy atom. The fourth-order valence-electron chi connectivity index (χ4n) is 5.54. The number of hydrogen-bond donors (Lipinski definition) is 0. The van der Waals surface area contributed by atoms with E-state index in [1.807, 2.05) is 6.92 Å². The number of carbonyl (C=O) groups excluding carboxylic acids is 1. The first-order valence-electron chi connectivity index (χ1n) is 15.2. The van der Waals surface area contributed by atoms with Gasteiger partial charge < -0.3 is 0 Å². The lowest BCUT2D eigenvalue weighted by molar-refractivity contribution is -0.116. The van der Waals surface area contributed by atoms with E-state index >= 15 is 0 Å². The Hall–Kier alpha value is -3.19. The lowest BCUT2D eigenvalue weighted by atomic mass is 9.68. The molecule has 0 bridgehead atoms. The lowest BCUT2D eigenvalue weighted by Crippen LogP contribution is -2.26. The summed E-state index contributed by atoms with van der Waals surface area (Å²) in [6.45, 7) is 21.9. The summed E-state index contributed by atoms with van der Waals surface area (Å²) in [5.41, 5.74) is 8.78. The van der Waals surface area contributed by atoms with Crippen LogP contribution in [0.1, 0.15) is 94.9 Å². The lowest BCUT2D eigenvalue weighted by Gasteiger charge is -2.36. The largest absolute Gasteiger partial charge is 0.295 e. The molecule has 0 aromatic heterocycles. The fraction of sp³-hybridized carbons (Fsp3) is 0.425. The van der Waals surface area contributed by atoms with Gasteiger partial charge in [-0.3, -0.25) is 4.79 Å². The van der Waals surface area contributed by atoms with Crippen molar-refractivity contribution in [3.05, 3.63) is 130 Å². The molecule has 0 N–H and O–H groups in total. The topological polar surface area (TPSA) is 17.1 Å². The van der Waals surface area contributed by atoms with Crippen LogP contribution in [-0.4, -0.2) is 5.78 Å². The predicted octanol–water partition coefficient (Wildman–Crippen LogP) is 11.6. The Labute approximate surface area is 252 Å². The second-order valence-corrected chi connectivity index (χ2v) is 13.2. The molecule has 0 saturated carbocycles. The summed E-state index contributed by atoms with van der Waals surface area (Å²) in [4.78, 5) is 12.2. The van der Waals surface area contributed by atoms with E-state index in [4.69, 9.17) is 0 Å². The zero-order valence-corrected chi connectivity index (χ0v) is 27.5. The Morgan fingerprint density at radius 2 is 1.24 bits per heavy atom. The van der Waals surface area contributed by atoms with Gasteiger partial charge in [0.25, 0.3) is 0 Å². The number of rotatable bonds is 10. The van der Waals surface area contributed by atoms with Crippen LogP contribution < -0.4 is 0 Å². The second kappa shape index (κ2) is 15.7. The SMILES string of the molecule is CC1=CCCC(C)(C)[C@H]1/C=C/C(C)=C/C=C/C(C)=C/C=C/C=C(C)/C=C/C=C(C)/C=C/C1=C(C)C(=O)CCC1(C)C. The van der Waals surface area contributed by atoms with Crippen molar-refractivity contribution in [1.29, 1.82) is 0 Å². The van der Waals surface area contributed by atoms with Gasteiger partial charge in [0.15, 0.2) is 5.78 Å². The maximum absolute atomic E-state index is 12.2. The second-order valence-electron chi connectivity index (χ2n) is 13.2. The highest BCUT2D eigenvalue weighted by Gasteiger charge is 2.31. The van der Waals surface area contributed by atoms with Crippen molar-refractivity contribution >= 4 is 5.78 Å². The van der Waals surface area contributed by atoms with Gasteiger partial charge >= 0.3 is 0 Å². The Kier molecular flexibility index (Phi) is 13.0. The monoisotopic (exact) mass is 550 g/mol. The molecule has 220 valence electrons. The molecule has 41 heavy (non-hydrogen) atoms. The van der Waals surface area contributed by atoms with Gasteiger partial charge in [-0.2, -0.15) is 0 Å². The maximum atomic E-state index is 12.2. The first-order valence-corrected chi connectivity index (χ1v) is 15.2. The average Bonchev–Trinajstić information content (AvgIpc) is 2.88. The molecule has 0 amide bonds. The number of allylic oxidation sites excluding steroid dienone is 22. The summed E-state index contributed by atoms with van der Waals surface area (Å²) in [5, 5.41) is 0. The molecule has 0 aromatic rings. The third-order valence-electron chi connectivity index (χ3n) is 8.45. The van der Waals surface area contributed by atoms with Crippen LogP contribution >= 0.6 is 0 Å². The summed E-state index contributed by atoms with van der Waals surface area (Å²) in [6, 6.07) is 0. The van der Waals surface area contributed by atoms with Gasteiger partial charge in [-0.25, -0.2) is 0 Å². The first-order chi connectivity index (χ1) is 19.2. The molecule has 0 fully saturated rings. The quantitative estimate of drug-likeness (QED) is 0.195. The third kappa shape index (κ3) is 11.3. The van der Waals surface area contributed by atoms with E-state index in [9.17, 15) is 4.79 Å². The molecule has 0 radical (unpaired) electrons. The van der Waals surface area contributed by atoms with Gasteiger partial charge in [0.05, 0.1) is 0 Å². The van der Waals surface area contributed by atoms with E-state index in [1.165, 1.54) is 40.7 Å². The third-order valence-corrected chi connectivity index (χ3v) is 8.45. The van der Waals surface area contributed by atoms with E-state index in [1.54, 1.807) is 0 Å². The predicted molar refractivity (Wildman–Crippen MR) is 182 cm³/mol.